The first kappa shape index (κ1) is 12.2. The van der Waals surface area contributed by atoms with Gasteiger partial charge in [-0.2, -0.15) is 0 Å². The van der Waals surface area contributed by atoms with Crippen LogP contribution in [0.25, 0.3) is 0 Å². The van der Waals surface area contributed by atoms with Crippen molar-refractivity contribution in [2.24, 2.45) is 11.7 Å². The Balaban J connectivity index is 2.81. The second-order valence-corrected chi connectivity index (χ2v) is 5.12. The summed E-state index contributed by atoms with van der Waals surface area (Å²) in [5.41, 5.74) is 6.28. The zero-order valence-electron chi connectivity index (χ0n) is 9.54. The Bertz CT molecular complexity index is 344. The van der Waals surface area contributed by atoms with Crippen LogP contribution in [-0.2, 0) is 12.8 Å². The number of amides is 1. The van der Waals surface area contributed by atoms with Crippen molar-refractivity contribution in [2.75, 3.05) is 0 Å². The molecule has 0 radical (unpaired) electrons. The summed E-state index contributed by atoms with van der Waals surface area (Å²) in [5, 5.41) is 0.450. The van der Waals surface area contributed by atoms with Crippen LogP contribution in [-0.4, -0.2) is 10.9 Å². The van der Waals surface area contributed by atoms with Gasteiger partial charge in [-0.25, -0.2) is 4.98 Å². The van der Waals surface area contributed by atoms with Crippen molar-refractivity contribution in [1.29, 1.82) is 0 Å². The summed E-state index contributed by atoms with van der Waals surface area (Å²) < 4.78 is 0. The quantitative estimate of drug-likeness (QED) is 0.838. The molecule has 0 spiro atoms. The molecule has 0 aliphatic carbocycles. The molecule has 1 heterocycles. The fourth-order valence-electron chi connectivity index (χ4n) is 1.39. The van der Waals surface area contributed by atoms with Gasteiger partial charge in [-0.1, -0.05) is 20.8 Å². The molecule has 1 rings (SSSR count). The summed E-state index contributed by atoms with van der Waals surface area (Å²) in [6.07, 6.45) is 2.98. The molecule has 1 aromatic heterocycles. The van der Waals surface area contributed by atoms with E-state index in [1.165, 1.54) is 16.2 Å². The predicted molar refractivity (Wildman–Crippen MR) is 63.2 cm³/mol. The molecular weight excluding hydrogens is 208 g/mol. The molecule has 0 fully saturated rings. The Morgan fingerprint density at radius 1 is 1.53 bits per heavy atom. The van der Waals surface area contributed by atoms with E-state index in [0.29, 0.717) is 10.9 Å². The number of rotatable bonds is 5. The van der Waals surface area contributed by atoms with Gasteiger partial charge in [0.05, 0.1) is 5.69 Å². The predicted octanol–water partition coefficient (Wildman–Crippen LogP) is 2.39. The first-order chi connectivity index (χ1) is 7.04. The Morgan fingerprint density at radius 3 is 2.67 bits per heavy atom. The molecule has 0 aliphatic heterocycles. The smallest absolute Gasteiger partial charge is 0.277 e. The summed E-state index contributed by atoms with van der Waals surface area (Å²) in [4.78, 5) is 16.5. The summed E-state index contributed by atoms with van der Waals surface area (Å²) in [6, 6.07) is 0. The highest BCUT2D eigenvalue weighted by Gasteiger charge is 2.13. The maximum absolute atomic E-state index is 11.0. The Hall–Kier alpha value is -0.900. The van der Waals surface area contributed by atoms with Crippen LogP contribution in [0, 0.1) is 5.92 Å². The molecule has 0 aliphatic rings. The normalized spacial score (nSPS) is 10.9. The van der Waals surface area contributed by atoms with E-state index < -0.39 is 5.91 Å². The molecule has 0 saturated carbocycles. The highest BCUT2D eigenvalue weighted by Crippen LogP contribution is 2.21. The van der Waals surface area contributed by atoms with Crippen LogP contribution in [0.2, 0.25) is 0 Å². The van der Waals surface area contributed by atoms with Gasteiger partial charge in [-0.3, -0.25) is 4.79 Å². The molecule has 4 heteroatoms. The number of carbonyl (C=O) groups excluding carboxylic acids is 1. The van der Waals surface area contributed by atoms with E-state index in [2.05, 4.69) is 25.8 Å². The Morgan fingerprint density at radius 2 is 2.20 bits per heavy atom. The summed E-state index contributed by atoms with van der Waals surface area (Å²) >= 11 is 1.43. The molecule has 0 atom stereocenters. The summed E-state index contributed by atoms with van der Waals surface area (Å²) in [7, 11) is 0. The van der Waals surface area contributed by atoms with E-state index in [1.54, 1.807) is 0 Å². The average molecular weight is 226 g/mol. The van der Waals surface area contributed by atoms with Crippen LogP contribution in [0.15, 0.2) is 0 Å². The van der Waals surface area contributed by atoms with Crippen LogP contribution in [0.5, 0.6) is 0 Å². The molecule has 0 bridgehead atoms. The molecule has 1 amide bonds. The second-order valence-electron chi connectivity index (χ2n) is 4.04. The molecule has 15 heavy (non-hydrogen) atoms. The SMILES string of the molecule is CCc1sc(C(N)=O)nc1CCC(C)C. The molecule has 0 unspecified atom stereocenters. The van der Waals surface area contributed by atoms with Crippen molar-refractivity contribution in [2.45, 2.75) is 40.0 Å². The zero-order valence-corrected chi connectivity index (χ0v) is 10.4. The Labute approximate surface area is 94.7 Å². The van der Waals surface area contributed by atoms with E-state index >= 15 is 0 Å². The van der Waals surface area contributed by atoms with Gasteiger partial charge in [-0.15, -0.1) is 11.3 Å². The lowest BCUT2D eigenvalue weighted by atomic mass is 10.1. The lowest BCUT2D eigenvalue weighted by Crippen LogP contribution is -2.10. The number of carbonyl (C=O) groups is 1. The van der Waals surface area contributed by atoms with Gasteiger partial charge in [-0.05, 0) is 25.2 Å². The van der Waals surface area contributed by atoms with Gasteiger partial charge < -0.3 is 5.73 Å². The van der Waals surface area contributed by atoms with Crippen molar-refractivity contribution in [3.05, 3.63) is 15.6 Å². The molecule has 0 aromatic carbocycles. The first-order valence-electron chi connectivity index (χ1n) is 5.33. The maximum Gasteiger partial charge on any atom is 0.277 e. The average Bonchev–Trinajstić information content (AvgIpc) is 2.57. The van der Waals surface area contributed by atoms with E-state index in [1.807, 2.05) is 0 Å². The number of aryl methyl sites for hydroxylation is 2. The number of hydrogen-bond donors (Lipinski definition) is 1. The third-order valence-electron chi connectivity index (χ3n) is 2.27. The molecule has 84 valence electrons. The molecule has 3 nitrogen and oxygen atoms in total. The number of nitrogens with zero attached hydrogens (tertiary/aromatic N) is 1. The monoisotopic (exact) mass is 226 g/mol. The number of nitrogens with two attached hydrogens (primary N) is 1. The molecule has 0 saturated heterocycles. The first-order valence-corrected chi connectivity index (χ1v) is 6.14. The van der Waals surface area contributed by atoms with Crippen molar-refractivity contribution in [3.8, 4) is 0 Å². The van der Waals surface area contributed by atoms with Gasteiger partial charge in [0.1, 0.15) is 0 Å². The number of aromatic nitrogens is 1. The van der Waals surface area contributed by atoms with Gasteiger partial charge >= 0.3 is 0 Å². The van der Waals surface area contributed by atoms with Gasteiger partial charge in [0.25, 0.3) is 5.91 Å². The van der Waals surface area contributed by atoms with Crippen molar-refractivity contribution in [3.63, 3.8) is 0 Å². The molecular formula is C11H18N2OS. The van der Waals surface area contributed by atoms with Gasteiger partial charge in [0, 0.05) is 4.88 Å². The van der Waals surface area contributed by atoms with Gasteiger partial charge in [0.2, 0.25) is 0 Å². The highest BCUT2D eigenvalue weighted by molar-refractivity contribution is 7.13. The van der Waals surface area contributed by atoms with Crippen molar-refractivity contribution < 1.29 is 4.79 Å². The van der Waals surface area contributed by atoms with Crippen LogP contribution in [0.4, 0.5) is 0 Å². The van der Waals surface area contributed by atoms with E-state index in [-0.39, 0.29) is 0 Å². The fraction of sp³-hybridized carbons (Fsp3) is 0.636. The largest absolute Gasteiger partial charge is 0.364 e. The van der Waals surface area contributed by atoms with E-state index in [0.717, 1.165) is 25.0 Å². The standard InChI is InChI=1S/C11H18N2OS/c1-4-9-8(6-5-7(2)3)13-11(15-9)10(12)14/h7H,4-6H2,1-3H3,(H2,12,14). The minimum atomic E-state index is -0.412. The summed E-state index contributed by atoms with van der Waals surface area (Å²) in [6.45, 7) is 6.46. The Kier molecular flexibility index (Phi) is 4.27. The third-order valence-corrected chi connectivity index (χ3v) is 3.53. The van der Waals surface area contributed by atoms with E-state index in [9.17, 15) is 4.79 Å². The van der Waals surface area contributed by atoms with Crippen molar-refractivity contribution in [1.82, 2.24) is 4.98 Å². The number of thiazole rings is 1. The fourth-order valence-corrected chi connectivity index (χ4v) is 2.29. The van der Waals surface area contributed by atoms with Crippen LogP contribution < -0.4 is 5.73 Å². The van der Waals surface area contributed by atoms with Crippen LogP contribution in [0.1, 0.15) is 47.6 Å². The minimum Gasteiger partial charge on any atom is -0.364 e. The molecule has 2 N–H and O–H groups in total. The lowest BCUT2D eigenvalue weighted by molar-refractivity contribution is 0.1000. The van der Waals surface area contributed by atoms with E-state index in [4.69, 9.17) is 5.73 Å². The van der Waals surface area contributed by atoms with Crippen LogP contribution in [0.3, 0.4) is 0 Å². The molecule has 1 aromatic rings. The lowest BCUT2D eigenvalue weighted by Gasteiger charge is -2.02. The van der Waals surface area contributed by atoms with Crippen LogP contribution >= 0.6 is 11.3 Å². The summed E-state index contributed by atoms with van der Waals surface area (Å²) in [5.74, 6) is 0.249. The highest BCUT2D eigenvalue weighted by atomic mass is 32.1. The maximum atomic E-state index is 11.0. The third kappa shape index (κ3) is 3.30. The van der Waals surface area contributed by atoms with Crippen molar-refractivity contribution >= 4 is 17.2 Å². The van der Waals surface area contributed by atoms with Gasteiger partial charge in [0.15, 0.2) is 5.01 Å². The second kappa shape index (κ2) is 5.26. The number of hydrogen-bond acceptors (Lipinski definition) is 3. The zero-order chi connectivity index (χ0) is 11.4. The number of primary amides is 1. The topological polar surface area (TPSA) is 56.0 Å². The minimum absolute atomic E-state index is 0.412.